The molecule has 0 bridgehead atoms. The third-order valence-electron chi connectivity index (χ3n) is 4.92. The second kappa shape index (κ2) is 6.20. The van der Waals surface area contributed by atoms with Gasteiger partial charge in [0.05, 0.1) is 5.56 Å². The largest absolute Gasteiger partial charge is 0.337 e. The molecule has 0 N–H and O–H groups in total. The van der Waals surface area contributed by atoms with Gasteiger partial charge in [-0.15, -0.1) is 0 Å². The Hall–Kier alpha value is -1.89. The van der Waals surface area contributed by atoms with Crippen LogP contribution < -0.4 is 0 Å². The molecule has 0 spiro atoms. The van der Waals surface area contributed by atoms with Crippen LogP contribution in [0.5, 0.6) is 0 Å². The molecular weight excluding hydrogens is 328 g/mol. The molecule has 1 aromatic rings. The van der Waals surface area contributed by atoms with Crippen molar-refractivity contribution in [3.63, 3.8) is 0 Å². The first-order chi connectivity index (χ1) is 11.3. The summed E-state index contributed by atoms with van der Waals surface area (Å²) in [5, 5.41) is 0. The maximum atomic E-state index is 12.6. The van der Waals surface area contributed by atoms with Gasteiger partial charge in [-0.25, -0.2) is 12.7 Å². The van der Waals surface area contributed by atoms with E-state index in [2.05, 4.69) is 0 Å². The number of fused-ring (bicyclic) bond motifs is 1. The van der Waals surface area contributed by atoms with Gasteiger partial charge in [-0.2, -0.15) is 0 Å². The van der Waals surface area contributed by atoms with Crippen molar-refractivity contribution in [1.29, 1.82) is 0 Å². The molecule has 0 aliphatic carbocycles. The lowest BCUT2D eigenvalue weighted by Gasteiger charge is -2.39. The molecule has 2 heterocycles. The summed E-state index contributed by atoms with van der Waals surface area (Å²) in [7, 11) is -3.84. The summed E-state index contributed by atoms with van der Waals surface area (Å²) in [5.74, 6) is -0.633. The normalized spacial score (nSPS) is 25.7. The molecule has 2 amide bonds. The first kappa shape index (κ1) is 17.0. The lowest BCUT2D eigenvalue weighted by Crippen LogP contribution is -2.48. The van der Waals surface area contributed by atoms with Crippen molar-refractivity contribution in [2.24, 2.45) is 0 Å². The van der Waals surface area contributed by atoms with Crippen LogP contribution in [0, 0.1) is 0 Å². The predicted octanol–water partition coefficient (Wildman–Crippen LogP) is 2.01. The Kier molecular flexibility index (Phi) is 4.38. The fourth-order valence-corrected chi connectivity index (χ4v) is 5.26. The van der Waals surface area contributed by atoms with E-state index in [1.165, 1.54) is 12.1 Å². The van der Waals surface area contributed by atoms with Crippen LogP contribution in [0.3, 0.4) is 0 Å². The smallest absolute Gasteiger partial charge is 0.269 e. The SMILES string of the molecule is C[C@H]1CCC[C@H](C)N1C(=O)CCN1C(=O)c2ccccc2S1(=O)=O. The number of hydrogen-bond acceptors (Lipinski definition) is 4. The summed E-state index contributed by atoms with van der Waals surface area (Å²) >= 11 is 0. The van der Waals surface area contributed by atoms with Crippen molar-refractivity contribution in [3.05, 3.63) is 29.8 Å². The third-order valence-corrected chi connectivity index (χ3v) is 6.76. The minimum Gasteiger partial charge on any atom is -0.337 e. The molecule has 0 radical (unpaired) electrons. The highest BCUT2D eigenvalue weighted by Crippen LogP contribution is 2.30. The van der Waals surface area contributed by atoms with Crippen LogP contribution >= 0.6 is 0 Å². The van der Waals surface area contributed by atoms with Gasteiger partial charge < -0.3 is 4.90 Å². The third kappa shape index (κ3) is 2.70. The lowest BCUT2D eigenvalue weighted by atomic mass is 9.97. The minimum atomic E-state index is -3.84. The van der Waals surface area contributed by atoms with E-state index in [1.807, 2.05) is 18.7 Å². The van der Waals surface area contributed by atoms with Gasteiger partial charge in [0.1, 0.15) is 4.90 Å². The van der Waals surface area contributed by atoms with Gasteiger partial charge >= 0.3 is 0 Å². The molecule has 2 aliphatic rings. The Balaban J connectivity index is 1.74. The van der Waals surface area contributed by atoms with Gasteiger partial charge in [-0.1, -0.05) is 12.1 Å². The second-order valence-corrected chi connectivity index (χ2v) is 8.39. The maximum Gasteiger partial charge on any atom is 0.269 e. The van der Waals surface area contributed by atoms with Gasteiger partial charge in [-0.05, 0) is 45.2 Å². The monoisotopic (exact) mass is 350 g/mol. The first-order valence-corrected chi connectivity index (χ1v) is 9.75. The number of hydrogen-bond donors (Lipinski definition) is 0. The topological polar surface area (TPSA) is 74.8 Å². The van der Waals surface area contributed by atoms with Crippen LogP contribution in [0.15, 0.2) is 29.2 Å². The van der Waals surface area contributed by atoms with E-state index in [1.54, 1.807) is 12.1 Å². The lowest BCUT2D eigenvalue weighted by molar-refractivity contribution is -0.137. The molecular formula is C17H22N2O4S. The quantitative estimate of drug-likeness (QED) is 0.836. The minimum absolute atomic E-state index is 0.0215. The molecule has 6 nitrogen and oxygen atoms in total. The molecule has 3 rings (SSSR count). The highest BCUT2D eigenvalue weighted by Gasteiger charge is 2.41. The van der Waals surface area contributed by atoms with Crippen LogP contribution in [-0.4, -0.2) is 48.1 Å². The van der Waals surface area contributed by atoms with Crippen molar-refractivity contribution in [3.8, 4) is 0 Å². The summed E-state index contributed by atoms with van der Waals surface area (Å²) in [6.07, 6.45) is 3.04. The number of carbonyl (C=O) groups is 2. The Morgan fingerprint density at radius 1 is 1.17 bits per heavy atom. The molecule has 24 heavy (non-hydrogen) atoms. The number of sulfonamides is 1. The van der Waals surface area contributed by atoms with E-state index < -0.39 is 15.9 Å². The molecule has 130 valence electrons. The summed E-state index contributed by atoms with van der Waals surface area (Å²) < 4.78 is 25.8. The Bertz CT molecular complexity index is 765. The molecule has 0 saturated carbocycles. The molecule has 0 aromatic heterocycles. The van der Waals surface area contributed by atoms with E-state index in [4.69, 9.17) is 0 Å². The number of nitrogens with zero attached hydrogens (tertiary/aromatic N) is 2. The van der Waals surface area contributed by atoms with E-state index in [0.29, 0.717) is 0 Å². The van der Waals surface area contributed by atoms with Crippen LogP contribution in [0.25, 0.3) is 0 Å². The summed E-state index contributed by atoms with van der Waals surface area (Å²) in [5.41, 5.74) is 0.185. The van der Waals surface area contributed by atoms with Gasteiger partial charge in [-0.3, -0.25) is 9.59 Å². The van der Waals surface area contributed by atoms with Crippen LogP contribution in [0.2, 0.25) is 0 Å². The van der Waals surface area contributed by atoms with E-state index in [9.17, 15) is 18.0 Å². The van der Waals surface area contributed by atoms with Crippen molar-refractivity contribution >= 4 is 21.8 Å². The van der Waals surface area contributed by atoms with Crippen molar-refractivity contribution in [2.75, 3.05) is 6.54 Å². The van der Waals surface area contributed by atoms with Crippen molar-refractivity contribution < 1.29 is 18.0 Å². The van der Waals surface area contributed by atoms with Gasteiger partial charge in [0.15, 0.2) is 0 Å². The van der Waals surface area contributed by atoms with Gasteiger partial charge in [0.2, 0.25) is 5.91 Å². The highest BCUT2D eigenvalue weighted by molar-refractivity contribution is 7.90. The predicted molar refractivity (Wildman–Crippen MR) is 88.9 cm³/mol. The molecule has 2 atom stereocenters. The van der Waals surface area contributed by atoms with E-state index in [-0.39, 0.29) is 41.4 Å². The number of piperidine rings is 1. The Labute approximate surface area is 142 Å². The molecule has 1 fully saturated rings. The van der Waals surface area contributed by atoms with Gasteiger partial charge in [0.25, 0.3) is 15.9 Å². The summed E-state index contributed by atoms with van der Waals surface area (Å²) in [4.78, 5) is 26.8. The van der Waals surface area contributed by atoms with Crippen LogP contribution in [0.1, 0.15) is 49.9 Å². The Morgan fingerprint density at radius 2 is 1.79 bits per heavy atom. The van der Waals surface area contributed by atoms with Crippen molar-refractivity contribution in [2.45, 2.75) is 56.5 Å². The summed E-state index contributed by atoms with van der Waals surface area (Å²) in [6.45, 7) is 3.92. The zero-order valence-corrected chi connectivity index (χ0v) is 14.8. The van der Waals surface area contributed by atoms with Crippen LogP contribution in [-0.2, 0) is 14.8 Å². The standard InChI is InChI=1S/C17H22N2O4S/c1-12-6-5-7-13(2)19(12)16(20)10-11-18-17(21)14-8-3-4-9-15(14)24(18,22)23/h3-4,8-9,12-13H,5-7,10-11H2,1-2H3/t12-,13-/m0/s1. The number of rotatable bonds is 3. The van der Waals surface area contributed by atoms with E-state index >= 15 is 0 Å². The van der Waals surface area contributed by atoms with Crippen LogP contribution in [0.4, 0.5) is 0 Å². The average Bonchev–Trinajstić information content (AvgIpc) is 2.73. The number of amides is 2. The molecule has 2 aliphatic heterocycles. The average molecular weight is 350 g/mol. The highest BCUT2D eigenvalue weighted by atomic mass is 32.2. The number of carbonyl (C=O) groups excluding carboxylic acids is 2. The first-order valence-electron chi connectivity index (χ1n) is 8.31. The summed E-state index contributed by atoms with van der Waals surface area (Å²) in [6, 6.07) is 6.48. The molecule has 7 heteroatoms. The zero-order valence-electron chi connectivity index (χ0n) is 13.9. The van der Waals surface area contributed by atoms with E-state index in [0.717, 1.165) is 23.6 Å². The second-order valence-electron chi connectivity index (χ2n) is 6.56. The molecule has 1 saturated heterocycles. The molecule has 0 unspecified atom stereocenters. The number of likely N-dealkylation sites (tertiary alicyclic amines) is 1. The number of benzene rings is 1. The fourth-order valence-electron chi connectivity index (χ4n) is 3.69. The van der Waals surface area contributed by atoms with Gasteiger partial charge in [0, 0.05) is 25.0 Å². The van der Waals surface area contributed by atoms with Crippen molar-refractivity contribution in [1.82, 2.24) is 9.21 Å². The Morgan fingerprint density at radius 3 is 2.42 bits per heavy atom. The fraction of sp³-hybridized carbons (Fsp3) is 0.529. The molecule has 1 aromatic carbocycles. The zero-order chi connectivity index (χ0) is 17.5. The maximum absolute atomic E-state index is 12.6.